The van der Waals surface area contributed by atoms with E-state index in [0.29, 0.717) is 0 Å². The van der Waals surface area contributed by atoms with Crippen LogP contribution in [0.15, 0.2) is 18.2 Å². The molecule has 2 rings (SSSR count). The largest absolute Gasteiger partial charge is 0.485 e. The molecule has 0 radical (unpaired) electrons. The van der Waals surface area contributed by atoms with Crippen molar-refractivity contribution in [3.05, 3.63) is 29.7 Å². The lowest BCUT2D eigenvalue weighted by Gasteiger charge is -2.21. The van der Waals surface area contributed by atoms with Gasteiger partial charge in [0, 0.05) is 10.9 Å². The fourth-order valence-corrected chi connectivity index (χ4v) is 1.71. The van der Waals surface area contributed by atoms with Crippen LogP contribution in [0.3, 0.4) is 0 Å². The van der Waals surface area contributed by atoms with Gasteiger partial charge in [0.2, 0.25) is 0 Å². The number of benzene rings is 1. The summed E-state index contributed by atoms with van der Waals surface area (Å²) in [5, 5.41) is -0.130. The van der Waals surface area contributed by atoms with Crippen molar-refractivity contribution in [3.8, 4) is 5.75 Å². The van der Waals surface area contributed by atoms with Crippen molar-refractivity contribution in [1.29, 1.82) is 0 Å². The van der Waals surface area contributed by atoms with Crippen LogP contribution >= 0.6 is 0 Å². The van der Waals surface area contributed by atoms with Crippen LogP contribution in [0.2, 0.25) is 0 Å². The Balaban J connectivity index is 2.53. The van der Waals surface area contributed by atoms with E-state index in [1.54, 1.807) is 20.8 Å². The van der Waals surface area contributed by atoms with Gasteiger partial charge in [0.05, 0.1) is 0 Å². The summed E-state index contributed by atoms with van der Waals surface area (Å²) in [6, 6.07) is 3.44. The van der Waals surface area contributed by atoms with Crippen LogP contribution < -0.4 is 4.74 Å². The van der Waals surface area contributed by atoms with Crippen molar-refractivity contribution in [2.45, 2.75) is 32.5 Å². The molecular formula is C13H13F4NO. The number of aromatic nitrogens is 1. The number of halogens is 4. The maximum absolute atomic E-state index is 14.1. The SMILES string of the molecule is CC(C)(C)Oc1ccc2[nH]c(C(F)(F)F)cc2c1F. The Hall–Kier alpha value is -1.72. The number of hydrogen-bond acceptors (Lipinski definition) is 1. The Bertz CT molecular complexity index is 607. The Morgan fingerprint density at radius 1 is 1.11 bits per heavy atom. The van der Waals surface area contributed by atoms with Crippen LogP contribution in [0.1, 0.15) is 26.5 Å². The van der Waals surface area contributed by atoms with E-state index >= 15 is 0 Å². The Labute approximate surface area is 107 Å². The Morgan fingerprint density at radius 2 is 1.74 bits per heavy atom. The second-order valence-corrected chi connectivity index (χ2v) is 5.23. The van der Waals surface area contributed by atoms with Gasteiger partial charge < -0.3 is 9.72 Å². The normalized spacial score (nSPS) is 13.0. The third-order valence-corrected chi connectivity index (χ3v) is 2.42. The molecule has 1 aromatic heterocycles. The molecule has 0 spiro atoms. The molecule has 2 aromatic rings. The molecule has 6 heteroatoms. The van der Waals surface area contributed by atoms with Gasteiger partial charge in [-0.15, -0.1) is 0 Å². The lowest BCUT2D eigenvalue weighted by Crippen LogP contribution is -2.23. The maximum Gasteiger partial charge on any atom is 0.431 e. The predicted molar refractivity (Wildman–Crippen MR) is 63.6 cm³/mol. The zero-order chi connectivity index (χ0) is 14.4. The molecule has 0 aliphatic carbocycles. The highest BCUT2D eigenvalue weighted by Gasteiger charge is 2.33. The summed E-state index contributed by atoms with van der Waals surface area (Å²) in [4.78, 5) is 2.15. The molecule has 19 heavy (non-hydrogen) atoms. The molecule has 0 aliphatic heterocycles. The van der Waals surface area contributed by atoms with Gasteiger partial charge >= 0.3 is 6.18 Å². The lowest BCUT2D eigenvalue weighted by atomic mass is 10.1. The number of alkyl halides is 3. The van der Waals surface area contributed by atoms with Gasteiger partial charge in [-0.2, -0.15) is 13.2 Å². The number of H-pyrrole nitrogens is 1. The highest BCUT2D eigenvalue weighted by molar-refractivity contribution is 5.83. The molecular weight excluding hydrogens is 262 g/mol. The summed E-state index contributed by atoms with van der Waals surface area (Å²) < 4.78 is 57.1. The van der Waals surface area contributed by atoms with Gasteiger partial charge in [-0.1, -0.05) is 0 Å². The molecule has 1 aromatic carbocycles. The summed E-state index contributed by atoms with van der Waals surface area (Å²) in [7, 11) is 0. The minimum Gasteiger partial charge on any atom is -0.485 e. The average molecular weight is 275 g/mol. The number of hydrogen-bond donors (Lipinski definition) is 1. The third-order valence-electron chi connectivity index (χ3n) is 2.42. The molecule has 104 valence electrons. The first-order chi connectivity index (χ1) is 8.58. The zero-order valence-corrected chi connectivity index (χ0v) is 10.7. The van der Waals surface area contributed by atoms with Gasteiger partial charge in [-0.25, -0.2) is 4.39 Å². The van der Waals surface area contributed by atoms with Crippen LogP contribution in [-0.4, -0.2) is 10.6 Å². The summed E-state index contributed by atoms with van der Waals surface area (Å²) in [6.07, 6.45) is -4.53. The standard InChI is InChI=1S/C13H13F4NO/c1-12(2,3)19-9-5-4-8-7(11(9)14)6-10(18-8)13(15,16)17/h4-6,18H,1-3H3. The predicted octanol–water partition coefficient (Wildman–Crippen LogP) is 4.50. The number of aromatic amines is 1. The lowest BCUT2D eigenvalue weighted by molar-refractivity contribution is -0.140. The second kappa shape index (κ2) is 4.15. The van der Waals surface area contributed by atoms with E-state index in [2.05, 4.69) is 4.98 Å². The van der Waals surface area contributed by atoms with Gasteiger partial charge in [-0.05, 0) is 39.0 Å². The quantitative estimate of drug-likeness (QED) is 0.761. The molecule has 1 N–H and O–H groups in total. The molecule has 0 saturated carbocycles. The number of fused-ring (bicyclic) bond motifs is 1. The fourth-order valence-electron chi connectivity index (χ4n) is 1.71. The minimum absolute atomic E-state index is 0.0623. The molecule has 0 atom stereocenters. The topological polar surface area (TPSA) is 25.0 Å². The van der Waals surface area contributed by atoms with Crippen molar-refractivity contribution in [2.75, 3.05) is 0 Å². The van der Waals surface area contributed by atoms with Crippen molar-refractivity contribution >= 4 is 10.9 Å². The van der Waals surface area contributed by atoms with Gasteiger partial charge in [-0.3, -0.25) is 0 Å². The van der Waals surface area contributed by atoms with Crippen molar-refractivity contribution < 1.29 is 22.3 Å². The fraction of sp³-hybridized carbons (Fsp3) is 0.385. The molecule has 1 heterocycles. The zero-order valence-electron chi connectivity index (χ0n) is 10.7. The van der Waals surface area contributed by atoms with E-state index < -0.39 is 23.3 Å². The van der Waals surface area contributed by atoms with Crippen LogP contribution in [0, 0.1) is 5.82 Å². The van der Waals surface area contributed by atoms with Crippen molar-refractivity contribution in [2.24, 2.45) is 0 Å². The van der Waals surface area contributed by atoms with Gasteiger partial charge in [0.15, 0.2) is 11.6 Å². The smallest absolute Gasteiger partial charge is 0.431 e. The molecule has 2 nitrogen and oxygen atoms in total. The Morgan fingerprint density at radius 3 is 2.26 bits per heavy atom. The van der Waals surface area contributed by atoms with Crippen LogP contribution in [0.5, 0.6) is 5.75 Å². The maximum atomic E-state index is 14.1. The van der Waals surface area contributed by atoms with Crippen molar-refractivity contribution in [3.63, 3.8) is 0 Å². The molecule has 0 aliphatic rings. The van der Waals surface area contributed by atoms with Crippen LogP contribution in [0.25, 0.3) is 10.9 Å². The molecule has 0 saturated heterocycles. The van der Waals surface area contributed by atoms with Crippen LogP contribution in [0.4, 0.5) is 17.6 Å². The van der Waals surface area contributed by atoms with E-state index in [1.165, 1.54) is 12.1 Å². The summed E-state index contributed by atoms with van der Waals surface area (Å²) >= 11 is 0. The average Bonchev–Trinajstić information content (AvgIpc) is 2.64. The van der Waals surface area contributed by atoms with E-state index in [9.17, 15) is 17.6 Å². The number of rotatable bonds is 1. The molecule has 0 bridgehead atoms. The number of ether oxygens (including phenoxy) is 1. The first-order valence-corrected chi connectivity index (χ1v) is 5.65. The van der Waals surface area contributed by atoms with E-state index in [-0.39, 0.29) is 16.7 Å². The minimum atomic E-state index is -4.53. The first kappa shape index (κ1) is 13.7. The monoisotopic (exact) mass is 275 g/mol. The summed E-state index contributed by atoms with van der Waals surface area (Å²) in [6.45, 7) is 5.19. The first-order valence-electron chi connectivity index (χ1n) is 5.65. The summed E-state index contributed by atoms with van der Waals surface area (Å²) in [5.74, 6) is -0.855. The van der Waals surface area contributed by atoms with E-state index in [0.717, 1.165) is 6.07 Å². The highest BCUT2D eigenvalue weighted by atomic mass is 19.4. The second-order valence-electron chi connectivity index (χ2n) is 5.23. The molecule has 0 fully saturated rings. The molecule has 0 unspecified atom stereocenters. The Kier molecular flexibility index (Phi) is 2.99. The number of nitrogens with one attached hydrogen (secondary N) is 1. The summed E-state index contributed by atoms with van der Waals surface area (Å²) in [5.41, 5.74) is -1.52. The highest BCUT2D eigenvalue weighted by Crippen LogP contribution is 2.34. The van der Waals surface area contributed by atoms with Gasteiger partial charge in [0.1, 0.15) is 11.3 Å². The van der Waals surface area contributed by atoms with Crippen molar-refractivity contribution in [1.82, 2.24) is 4.98 Å². The molecule has 0 amide bonds. The van der Waals surface area contributed by atoms with Gasteiger partial charge in [0.25, 0.3) is 0 Å². The third kappa shape index (κ3) is 2.83. The van der Waals surface area contributed by atoms with E-state index in [1.807, 2.05) is 0 Å². The van der Waals surface area contributed by atoms with E-state index in [4.69, 9.17) is 4.74 Å². The van der Waals surface area contributed by atoms with Crippen LogP contribution in [-0.2, 0) is 6.18 Å².